The third kappa shape index (κ3) is 2.59. The zero-order valence-electron chi connectivity index (χ0n) is 10.2. The van der Waals surface area contributed by atoms with Crippen molar-refractivity contribution in [3.05, 3.63) is 42.0 Å². The van der Waals surface area contributed by atoms with Crippen molar-refractivity contribution < 1.29 is 19.3 Å². The lowest BCUT2D eigenvalue weighted by molar-refractivity contribution is -0.138. The fraction of sp³-hybridized carbons (Fsp3) is 0.214. The van der Waals surface area contributed by atoms with E-state index in [-0.39, 0.29) is 4.70 Å². The van der Waals surface area contributed by atoms with E-state index in [4.69, 9.17) is 9.84 Å². The van der Waals surface area contributed by atoms with Gasteiger partial charge in [0.1, 0.15) is 5.75 Å². The molecule has 0 unspecified atom stereocenters. The molecule has 18 heavy (non-hydrogen) atoms. The van der Waals surface area contributed by atoms with Crippen molar-refractivity contribution in [3.8, 4) is 5.75 Å². The highest BCUT2D eigenvalue weighted by molar-refractivity contribution is 5.86. The van der Waals surface area contributed by atoms with Gasteiger partial charge in [-0.15, -0.1) is 0 Å². The van der Waals surface area contributed by atoms with Gasteiger partial charge in [0.2, 0.25) is 0 Å². The van der Waals surface area contributed by atoms with Gasteiger partial charge in [-0.2, -0.15) is 0 Å². The number of aliphatic carboxylic acids is 1. The first kappa shape index (κ1) is 14.0. The number of rotatable bonds is 3. The Balaban J connectivity index is 0.00000162. The van der Waals surface area contributed by atoms with Crippen molar-refractivity contribution in [2.24, 2.45) is 0 Å². The zero-order valence-corrected chi connectivity index (χ0v) is 10.2. The summed E-state index contributed by atoms with van der Waals surface area (Å²) in [5.41, 5.74) is 0.815. The van der Waals surface area contributed by atoms with Gasteiger partial charge in [0.15, 0.2) is 0 Å². The number of hydrogen-bond donors (Lipinski definition) is 1. The Labute approximate surface area is 104 Å². The van der Waals surface area contributed by atoms with E-state index >= 15 is 0 Å². The van der Waals surface area contributed by atoms with Crippen molar-refractivity contribution in [3.63, 3.8) is 0 Å². The molecule has 96 valence electrons. The number of hydrogen-bond acceptors (Lipinski definition) is 2. The number of methoxy groups -OCH3 is 1. The molecule has 0 heterocycles. The van der Waals surface area contributed by atoms with Crippen LogP contribution >= 0.6 is 0 Å². The Kier molecular flexibility index (Phi) is 4.26. The summed E-state index contributed by atoms with van der Waals surface area (Å²) in [5, 5.41) is 11.0. The normalized spacial score (nSPS) is 11.7. The topological polar surface area (TPSA) is 46.5 Å². The summed E-state index contributed by atoms with van der Waals surface area (Å²) in [6, 6.07) is 11.4. The Morgan fingerprint density at radius 3 is 2.39 bits per heavy atom. The van der Waals surface area contributed by atoms with Gasteiger partial charge in [-0.3, -0.25) is 9.50 Å². The van der Waals surface area contributed by atoms with Gasteiger partial charge in [-0.25, -0.2) is 0 Å². The average Bonchev–Trinajstić information content (AvgIpc) is 2.36. The predicted molar refractivity (Wildman–Crippen MR) is 69.1 cm³/mol. The lowest BCUT2D eigenvalue weighted by atomic mass is 9.98. The Hall–Kier alpha value is -2.10. The summed E-state index contributed by atoms with van der Waals surface area (Å²) in [7, 11) is 1.63. The molecule has 2 aromatic carbocycles. The zero-order chi connectivity index (χ0) is 12.4. The van der Waals surface area contributed by atoms with Crippen LogP contribution in [0.5, 0.6) is 5.75 Å². The molecular formula is C14H15FO3. The van der Waals surface area contributed by atoms with E-state index in [9.17, 15) is 4.79 Å². The fourth-order valence-corrected chi connectivity index (χ4v) is 1.78. The van der Waals surface area contributed by atoms with Crippen LogP contribution in [0.4, 0.5) is 4.70 Å². The largest absolute Gasteiger partial charge is 0.497 e. The second-order valence-corrected chi connectivity index (χ2v) is 4.03. The minimum atomic E-state index is -0.808. The van der Waals surface area contributed by atoms with E-state index in [1.54, 1.807) is 14.0 Å². The molecule has 2 rings (SSSR count). The van der Waals surface area contributed by atoms with Gasteiger partial charge in [0, 0.05) is 0 Å². The Morgan fingerprint density at radius 1 is 1.17 bits per heavy atom. The van der Waals surface area contributed by atoms with Gasteiger partial charge < -0.3 is 9.84 Å². The number of benzene rings is 2. The van der Waals surface area contributed by atoms with Gasteiger partial charge in [-0.1, -0.05) is 24.3 Å². The molecule has 0 aliphatic rings. The number of halogens is 1. The summed E-state index contributed by atoms with van der Waals surface area (Å²) in [6.45, 7) is 1.69. The average molecular weight is 250 g/mol. The Bertz CT molecular complexity index is 566. The van der Waals surface area contributed by atoms with Crippen LogP contribution in [0, 0.1) is 0 Å². The molecule has 0 spiro atoms. The van der Waals surface area contributed by atoms with Crippen molar-refractivity contribution >= 4 is 16.7 Å². The standard InChI is InChI=1S/C14H14O3.FH/c1-9(14(15)16)10-3-4-12-8-13(17-2)6-5-11(12)7-10;/h3-9H,1-2H3,(H,15,16);1H/t9-;/m0./s1. The van der Waals surface area contributed by atoms with E-state index in [2.05, 4.69) is 0 Å². The fourth-order valence-electron chi connectivity index (χ4n) is 1.78. The highest BCUT2D eigenvalue weighted by Crippen LogP contribution is 2.25. The van der Waals surface area contributed by atoms with Gasteiger partial charge in [0.25, 0.3) is 0 Å². The van der Waals surface area contributed by atoms with Crippen LogP contribution in [0.2, 0.25) is 0 Å². The quantitative estimate of drug-likeness (QED) is 0.910. The molecule has 3 nitrogen and oxygen atoms in total. The number of fused-ring (bicyclic) bond motifs is 1. The molecule has 0 aromatic heterocycles. The summed E-state index contributed by atoms with van der Waals surface area (Å²) < 4.78 is 5.14. The minimum absolute atomic E-state index is 0. The third-order valence-corrected chi connectivity index (χ3v) is 2.94. The second-order valence-electron chi connectivity index (χ2n) is 4.03. The molecular weight excluding hydrogens is 235 g/mol. The molecule has 0 fully saturated rings. The first-order valence-corrected chi connectivity index (χ1v) is 5.42. The van der Waals surface area contributed by atoms with Gasteiger partial charge in [-0.05, 0) is 35.4 Å². The predicted octanol–water partition coefficient (Wildman–Crippen LogP) is 3.19. The van der Waals surface area contributed by atoms with E-state index < -0.39 is 11.9 Å². The number of ether oxygens (including phenoxy) is 1. The highest BCUT2D eigenvalue weighted by Gasteiger charge is 2.13. The molecule has 0 aliphatic carbocycles. The number of carbonyl (C=O) groups is 1. The Morgan fingerprint density at radius 2 is 1.78 bits per heavy atom. The van der Waals surface area contributed by atoms with E-state index in [0.717, 1.165) is 22.1 Å². The summed E-state index contributed by atoms with van der Waals surface area (Å²) in [6.07, 6.45) is 0. The van der Waals surface area contributed by atoms with E-state index in [0.29, 0.717) is 0 Å². The monoisotopic (exact) mass is 250 g/mol. The summed E-state index contributed by atoms with van der Waals surface area (Å²) in [5.74, 6) is -0.490. The maximum Gasteiger partial charge on any atom is 0.310 e. The first-order chi connectivity index (χ1) is 8.11. The molecule has 1 N–H and O–H groups in total. The lowest BCUT2D eigenvalue weighted by Gasteiger charge is -2.08. The second kappa shape index (κ2) is 5.49. The maximum atomic E-state index is 10.9. The number of carboxylic acid groups (broad SMARTS) is 1. The molecule has 0 saturated heterocycles. The molecule has 1 atom stereocenters. The summed E-state index contributed by atoms with van der Waals surface area (Å²) in [4.78, 5) is 10.9. The molecule has 2 aromatic rings. The van der Waals surface area contributed by atoms with Crippen LogP contribution in [0.3, 0.4) is 0 Å². The smallest absolute Gasteiger partial charge is 0.310 e. The first-order valence-electron chi connectivity index (χ1n) is 5.42. The van der Waals surface area contributed by atoms with Gasteiger partial charge >= 0.3 is 5.97 Å². The minimum Gasteiger partial charge on any atom is -0.497 e. The molecule has 0 bridgehead atoms. The van der Waals surface area contributed by atoms with Crippen LogP contribution in [-0.2, 0) is 4.79 Å². The molecule has 0 aliphatic heterocycles. The highest BCUT2D eigenvalue weighted by atomic mass is 19.0. The van der Waals surface area contributed by atoms with E-state index in [1.807, 2.05) is 36.4 Å². The van der Waals surface area contributed by atoms with Crippen LogP contribution < -0.4 is 4.74 Å². The lowest BCUT2D eigenvalue weighted by Crippen LogP contribution is -2.06. The van der Waals surface area contributed by atoms with Crippen LogP contribution in [-0.4, -0.2) is 18.2 Å². The molecule has 0 radical (unpaired) electrons. The van der Waals surface area contributed by atoms with Crippen molar-refractivity contribution in [2.75, 3.05) is 7.11 Å². The SMILES string of the molecule is COc1ccc2cc([C@H](C)C(=O)O)ccc2c1.F. The molecule has 0 amide bonds. The number of carboxylic acids is 1. The molecule has 0 saturated carbocycles. The van der Waals surface area contributed by atoms with Crippen molar-refractivity contribution in [1.82, 2.24) is 0 Å². The summed E-state index contributed by atoms with van der Waals surface area (Å²) >= 11 is 0. The van der Waals surface area contributed by atoms with Crippen molar-refractivity contribution in [2.45, 2.75) is 12.8 Å². The van der Waals surface area contributed by atoms with Crippen LogP contribution in [0.15, 0.2) is 36.4 Å². The molecule has 4 heteroatoms. The van der Waals surface area contributed by atoms with E-state index in [1.165, 1.54) is 0 Å². The van der Waals surface area contributed by atoms with Crippen LogP contribution in [0.25, 0.3) is 10.8 Å². The van der Waals surface area contributed by atoms with Crippen molar-refractivity contribution in [1.29, 1.82) is 0 Å². The third-order valence-electron chi connectivity index (χ3n) is 2.94. The van der Waals surface area contributed by atoms with Gasteiger partial charge in [0.05, 0.1) is 13.0 Å². The van der Waals surface area contributed by atoms with Crippen LogP contribution in [0.1, 0.15) is 18.4 Å². The maximum absolute atomic E-state index is 10.9.